The van der Waals surface area contributed by atoms with E-state index in [2.05, 4.69) is 27.2 Å². The highest BCUT2D eigenvalue weighted by Gasteiger charge is 2.22. The third-order valence-corrected chi connectivity index (χ3v) is 5.91. The van der Waals surface area contributed by atoms with Gasteiger partial charge in [0.15, 0.2) is 11.2 Å². The van der Waals surface area contributed by atoms with E-state index in [1.807, 2.05) is 31.2 Å². The number of hydrogen-bond acceptors (Lipinski definition) is 5. The molecule has 3 heterocycles. The number of aromatic nitrogens is 4. The second kappa shape index (κ2) is 9.01. The molecule has 8 heteroatoms. The molecule has 1 aliphatic rings. The summed E-state index contributed by atoms with van der Waals surface area (Å²) in [7, 11) is 1.64. The van der Waals surface area contributed by atoms with Gasteiger partial charge in [-0.3, -0.25) is 9.59 Å². The van der Waals surface area contributed by atoms with Crippen molar-refractivity contribution in [2.24, 2.45) is 13.0 Å². The zero-order valence-corrected chi connectivity index (χ0v) is 18.5. The van der Waals surface area contributed by atoms with Gasteiger partial charge in [0.05, 0.1) is 12.0 Å². The molecular weight excluding hydrogens is 392 g/mol. The van der Waals surface area contributed by atoms with E-state index >= 15 is 0 Å². The Morgan fingerprint density at radius 1 is 1.26 bits per heavy atom. The molecule has 1 N–H and O–H groups in total. The normalized spacial score (nSPS) is 17.2. The number of benzene rings is 1. The number of carbonyl (C=O) groups is 1. The molecule has 1 unspecified atom stereocenters. The lowest BCUT2D eigenvalue weighted by Gasteiger charge is -2.30. The highest BCUT2D eigenvalue weighted by atomic mass is 16.2. The summed E-state index contributed by atoms with van der Waals surface area (Å²) in [5.74, 6) is 0.442. The van der Waals surface area contributed by atoms with Gasteiger partial charge in [-0.1, -0.05) is 24.6 Å². The van der Waals surface area contributed by atoms with Gasteiger partial charge in [0.1, 0.15) is 5.52 Å². The van der Waals surface area contributed by atoms with Crippen LogP contribution in [0.25, 0.3) is 16.7 Å². The summed E-state index contributed by atoms with van der Waals surface area (Å²) in [5, 5.41) is 7.45. The number of hydrogen-bond donors (Lipinski definition) is 1. The number of fused-ring (bicyclic) bond motifs is 1. The van der Waals surface area contributed by atoms with Gasteiger partial charge in [0.2, 0.25) is 0 Å². The fourth-order valence-electron chi connectivity index (χ4n) is 4.19. The van der Waals surface area contributed by atoms with E-state index in [1.54, 1.807) is 7.05 Å². The maximum Gasteiger partial charge on any atom is 0.279 e. The number of rotatable bonds is 6. The Morgan fingerprint density at radius 2 is 2.03 bits per heavy atom. The Morgan fingerprint density at radius 3 is 2.77 bits per heavy atom. The Labute approximate surface area is 181 Å². The molecule has 0 spiro atoms. The van der Waals surface area contributed by atoms with Crippen LogP contribution in [0.2, 0.25) is 0 Å². The van der Waals surface area contributed by atoms with Gasteiger partial charge in [0.25, 0.3) is 11.5 Å². The fraction of sp³-hybridized carbons (Fsp3) is 0.478. The lowest BCUT2D eigenvalue weighted by molar-refractivity contribution is 0.0946. The van der Waals surface area contributed by atoms with Crippen LogP contribution in [0.5, 0.6) is 0 Å². The highest BCUT2D eigenvalue weighted by molar-refractivity contribution is 6.03. The van der Waals surface area contributed by atoms with Crippen LogP contribution < -0.4 is 10.9 Å². The quantitative estimate of drug-likeness (QED) is 0.616. The van der Waals surface area contributed by atoms with E-state index < -0.39 is 0 Å². The smallest absolute Gasteiger partial charge is 0.279 e. The molecule has 0 bridgehead atoms. The minimum atomic E-state index is -0.302. The van der Waals surface area contributed by atoms with Crippen LogP contribution in [0.4, 0.5) is 0 Å². The summed E-state index contributed by atoms with van der Waals surface area (Å²) >= 11 is 0. The molecule has 1 amide bonds. The molecule has 4 rings (SSSR count). The van der Waals surface area contributed by atoms with Gasteiger partial charge >= 0.3 is 0 Å². The van der Waals surface area contributed by atoms with Crippen molar-refractivity contribution in [3.63, 3.8) is 0 Å². The van der Waals surface area contributed by atoms with E-state index in [4.69, 9.17) is 0 Å². The second-order valence-corrected chi connectivity index (χ2v) is 8.61. The van der Waals surface area contributed by atoms with Crippen LogP contribution in [-0.2, 0) is 7.05 Å². The van der Waals surface area contributed by atoms with Crippen LogP contribution in [-0.4, -0.2) is 56.3 Å². The maximum absolute atomic E-state index is 12.9. The van der Waals surface area contributed by atoms with Crippen molar-refractivity contribution in [2.45, 2.75) is 33.1 Å². The van der Waals surface area contributed by atoms with Gasteiger partial charge < -0.3 is 14.8 Å². The van der Waals surface area contributed by atoms with Crippen LogP contribution in [0, 0.1) is 12.8 Å². The summed E-state index contributed by atoms with van der Waals surface area (Å²) < 4.78 is 2.92. The van der Waals surface area contributed by atoms with Crippen molar-refractivity contribution in [2.75, 3.05) is 26.2 Å². The van der Waals surface area contributed by atoms with Crippen molar-refractivity contribution in [1.82, 2.24) is 29.5 Å². The number of nitrogens with one attached hydrogen (secondary N) is 1. The molecular formula is C23H30N6O2. The van der Waals surface area contributed by atoms with Gasteiger partial charge in [-0.2, -0.15) is 5.10 Å². The molecule has 0 saturated carbocycles. The van der Waals surface area contributed by atoms with Crippen LogP contribution >= 0.6 is 0 Å². The monoisotopic (exact) mass is 422 g/mol. The summed E-state index contributed by atoms with van der Waals surface area (Å²) in [6, 6.07) is 7.67. The summed E-state index contributed by atoms with van der Waals surface area (Å²) in [4.78, 5) is 32.5. The topological polar surface area (TPSA) is 85.1 Å². The van der Waals surface area contributed by atoms with Gasteiger partial charge in [-0.25, -0.2) is 9.67 Å². The van der Waals surface area contributed by atoms with Gasteiger partial charge in [0, 0.05) is 20.1 Å². The van der Waals surface area contributed by atoms with E-state index in [-0.39, 0.29) is 17.2 Å². The standard InChI is InChI=1S/C23H30N6O2/c1-16-7-9-18(10-8-16)29-21-19(25-15-27(3)23(21)31)20(26-29)22(30)24-11-5-13-28-12-4-6-17(2)14-28/h7-10,15,17H,4-6,11-14H2,1-3H3,(H,24,30). The summed E-state index contributed by atoms with van der Waals surface area (Å²) in [5.41, 5.74) is 2.40. The first-order chi connectivity index (χ1) is 14.9. The zero-order chi connectivity index (χ0) is 22.0. The molecule has 3 aromatic rings. The van der Waals surface area contributed by atoms with Gasteiger partial charge in [-0.15, -0.1) is 0 Å². The largest absolute Gasteiger partial charge is 0.351 e. The van der Waals surface area contributed by atoms with Crippen molar-refractivity contribution < 1.29 is 4.79 Å². The van der Waals surface area contributed by atoms with Crippen molar-refractivity contribution >= 4 is 16.9 Å². The van der Waals surface area contributed by atoms with Crippen LogP contribution in [0.1, 0.15) is 42.2 Å². The van der Waals surface area contributed by atoms with Gasteiger partial charge in [-0.05, 0) is 57.3 Å². The highest BCUT2D eigenvalue weighted by Crippen LogP contribution is 2.18. The Hall–Kier alpha value is -3.00. The molecule has 1 fully saturated rings. The molecule has 31 heavy (non-hydrogen) atoms. The summed E-state index contributed by atoms with van der Waals surface area (Å²) in [6.07, 6.45) is 4.86. The number of likely N-dealkylation sites (tertiary alicyclic amines) is 1. The van der Waals surface area contributed by atoms with Crippen LogP contribution in [0.3, 0.4) is 0 Å². The van der Waals surface area contributed by atoms with E-state index in [1.165, 1.54) is 28.4 Å². The van der Waals surface area contributed by atoms with E-state index in [9.17, 15) is 9.59 Å². The average molecular weight is 423 g/mol. The summed E-state index contributed by atoms with van der Waals surface area (Å²) in [6.45, 7) is 8.09. The van der Waals surface area contributed by atoms with E-state index in [0.717, 1.165) is 43.2 Å². The first-order valence-corrected chi connectivity index (χ1v) is 11.0. The molecule has 0 aliphatic carbocycles. The Bertz CT molecular complexity index is 1130. The SMILES string of the molecule is Cc1ccc(-n2nc(C(=O)NCCCN3CCCC(C)C3)c3ncn(C)c(=O)c32)cc1. The Kier molecular flexibility index (Phi) is 6.18. The lowest BCUT2D eigenvalue weighted by Crippen LogP contribution is -2.36. The second-order valence-electron chi connectivity index (χ2n) is 8.61. The Balaban J connectivity index is 1.53. The third kappa shape index (κ3) is 4.54. The lowest BCUT2D eigenvalue weighted by atomic mass is 10.0. The molecule has 164 valence electrons. The number of nitrogens with zero attached hydrogens (tertiary/aromatic N) is 5. The molecule has 1 aromatic carbocycles. The minimum absolute atomic E-state index is 0.180. The molecule has 2 aromatic heterocycles. The molecule has 1 aliphatic heterocycles. The van der Waals surface area contributed by atoms with E-state index in [0.29, 0.717) is 17.6 Å². The van der Waals surface area contributed by atoms with Crippen molar-refractivity contribution in [1.29, 1.82) is 0 Å². The molecule has 8 nitrogen and oxygen atoms in total. The first kappa shape index (κ1) is 21.2. The number of aryl methyl sites for hydroxylation is 2. The minimum Gasteiger partial charge on any atom is -0.351 e. The first-order valence-electron chi connectivity index (χ1n) is 11.0. The maximum atomic E-state index is 12.9. The molecule has 1 atom stereocenters. The average Bonchev–Trinajstić information content (AvgIpc) is 3.15. The van der Waals surface area contributed by atoms with Crippen molar-refractivity contribution in [3.05, 3.63) is 52.2 Å². The molecule has 1 saturated heterocycles. The van der Waals surface area contributed by atoms with Crippen molar-refractivity contribution in [3.8, 4) is 5.69 Å². The third-order valence-electron chi connectivity index (χ3n) is 5.91. The predicted molar refractivity (Wildman–Crippen MR) is 121 cm³/mol. The number of carbonyl (C=O) groups excluding carboxylic acids is 1. The molecule has 0 radical (unpaired) electrons. The zero-order valence-electron chi connectivity index (χ0n) is 18.5. The predicted octanol–water partition coefficient (Wildman–Crippen LogP) is 2.28. The number of amides is 1. The number of piperidine rings is 1. The fourth-order valence-corrected chi connectivity index (χ4v) is 4.19. The van der Waals surface area contributed by atoms with Crippen LogP contribution in [0.15, 0.2) is 35.4 Å².